The summed E-state index contributed by atoms with van der Waals surface area (Å²) in [5.74, 6) is 0. The number of anilines is 1. The molecule has 0 aliphatic carbocycles. The summed E-state index contributed by atoms with van der Waals surface area (Å²) in [6, 6.07) is 12.4. The van der Waals surface area contributed by atoms with Crippen LogP contribution in [0.5, 0.6) is 0 Å². The average Bonchev–Trinajstić information content (AvgIpc) is 2.54. The quantitative estimate of drug-likeness (QED) is 0.532. The number of benzene rings is 2. The Morgan fingerprint density at radius 2 is 1.80 bits per heavy atom. The van der Waals surface area contributed by atoms with Gasteiger partial charge in [0.25, 0.3) is 0 Å². The Labute approximate surface area is 87.7 Å². The SMILES string of the molecule is Cc1ccc2[nH]c3cc(N)ccc3c2c1. The van der Waals surface area contributed by atoms with E-state index in [1.54, 1.807) is 0 Å². The van der Waals surface area contributed by atoms with Crippen molar-refractivity contribution in [2.45, 2.75) is 6.92 Å². The van der Waals surface area contributed by atoms with Gasteiger partial charge in [0.2, 0.25) is 0 Å². The van der Waals surface area contributed by atoms with Crippen LogP contribution < -0.4 is 5.73 Å². The number of nitrogen functional groups attached to an aromatic ring is 1. The molecule has 0 spiro atoms. The van der Waals surface area contributed by atoms with E-state index in [9.17, 15) is 0 Å². The summed E-state index contributed by atoms with van der Waals surface area (Å²) in [5.41, 5.74) is 10.1. The van der Waals surface area contributed by atoms with Crippen molar-refractivity contribution in [1.82, 2.24) is 4.98 Å². The predicted octanol–water partition coefficient (Wildman–Crippen LogP) is 3.21. The van der Waals surface area contributed by atoms with E-state index in [0.717, 1.165) is 11.2 Å². The number of rotatable bonds is 0. The molecule has 0 fully saturated rings. The summed E-state index contributed by atoms with van der Waals surface area (Å²) in [6.45, 7) is 2.11. The Bertz CT molecular complexity index is 650. The van der Waals surface area contributed by atoms with Gasteiger partial charge in [-0.15, -0.1) is 0 Å². The van der Waals surface area contributed by atoms with E-state index in [4.69, 9.17) is 5.73 Å². The summed E-state index contributed by atoms with van der Waals surface area (Å²) in [7, 11) is 0. The molecule has 2 aromatic carbocycles. The molecular formula is C13H12N2. The number of H-pyrrole nitrogens is 1. The van der Waals surface area contributed by atoms with Crippen molar-refractivity contribution in [1.29, 1.82) is 0 Å². The lowest BCUT2D eigenvalue weighted by atomic mass is 10.1. The second kappa shape index (κ2) is 2.76. The van der Waals surface area contributed by atoms with Crippen molar-refractivity contribution < 1.29 is 0 Å². The Kier molecular flexibility index (Phi) is 1.54. The molecule has 2 heteroatoms. The fourth-order valence-corrected chi connectivity index (χ4v) is 2.04. The lowest BCUT2D eigenvalue weighted by molar-refractivity contribution is 1.49. The fraction of sp³-hybridized carbons (Fsp3) is 0.0769. The summed E-state index contributed by atoms with van der Waals surface area (Å²) >= 11 is 0. The lowest BCUT2D eigenvalue weighted by Gasteiger charge is -1.94. The molecule has 3 N–H and O–H groups in total. The molecule has 74 valence electrons. The van der Waals surface area contributed by atoms with Crippen molar-refractivity contribution in [2.24, 2.45) is 0 Å². The van der Waals surface area contributed by atoms with Gasteiger partial charge < -0.3 is 10.7 Å². The first-order valence-electron chi connectivity index (χ1n) is 5.01. The van der Waals surface area contributed by atoms with Gasteiger partial charge in [-0.05, 0) is 31.2 Å². The normalized spacial score (nSPS) is 11.3. The van der Waals surface area contributed by atoms with Crippen LogP contribution in [0.25, 0.3) is 21.8 Å². The van der Waals surface area contributed by atoms with E-state index in [-0.39, 0.29) is 0 Å². The molecule has 0 amide bonds. The smallest absolute Gasteiger partial charge is 0.0485 e. The predicted molar refractivity (Wildman–Crippen MR) is 65.0 cm³/mol. The molecule has 2 nitrogen and oxygen atoms in total. The van der Waals surface area contributed by atoms with Crippen LogP contribution in [-0.4, -0.2) is 4.98 Å². The molecule has 3 rings (SSSR count). The zero-order chi connectivity index (χ0) is 10.4. The molecule has 0 aliphatic heterocycles. The highest BCUT2D eigenvalue weighted by atomic mass is 14.7. The van der Waals surface area contributed by atoms with Crippen molar-refractivity contribution >= 4 is 27.5 Å². The third kappa shape index (κ3) is 1.18. The zero-order valence-corrected chi connectivity index (χ0v) is 8.54. The zero-order valence-electron chi connectivity index (χ0n) is 8.54. The molecule has 0 unspecified atom stereocenters. The van der Waals surface area contributed by atoms with E-state index in [2.05, 4.69) is 36.2 Å². The first-order chi connectivity index (χ1) is 7.24. The molecule has 1 aromatic heterocycles. The second-order valence-electron chi connectivity index (χ2n) is 3.98. The monoisotopic (exact) mass is 196 g/mol. The van der Waals surface area contributed by atoms with Crippen LogP contribution in [-0.2, 0) is 0 Å². The molecule has 0 bridgehead atoms. The van der Waals surface area contributed by atoms with Crippen LogP contribution in [0.2, 0.25) is 0 Å². The van der Waals surface area contributed by atoms with E-state index in [1.807, 2.05) is 12.1 Å². The highest BCUT2D eigenvalue weighted by Crippen LogP contribution is 2.27. The van der Waals surface area contributed by atoms with E-state index in [0.29, 0.717) is 0 Å². The van der Waals surface area contributed by atoms with Crippen LogP contribution in [0.4, 0.5) is 5.69 Å². The van der Waals surface area contributed by atoms with E-state index >= 15 is 0 Å². The maximum atomic E-state index is 5.76. The molecule has 0 saturated carbocycles. The largest absolute Gasteiger partial charge is 0.399 e. The summed E-state index contributed by atoms with van der Waals surface area (Å²) < 4.78 is 0. The van der Waals surface area contributed by atoms with Crippen molar-refractivity contribution in [3.63, 3.8) is 0 Å². The van der Waals surface area contributed by atoms with Gasteiger partial charge in [0.05, 0.1) is 0 Å². The van der Waals surface area contributed by atoms with E-state index < -0.39 is 0 Å². The number of nitrogens with one attached hydrogen (secondary N) is 1. The number of hydrogen-bond donors (Lipinski definition) is 2. The highest BCUT2D eigenvalue weighted by molar-refractivity contribution is 6.08. The first-order valence-corrected chi connectivity index (χ1v) is 5.01. The Morgan fingerprint density at radius 3 is 2.67 bits per heavy atom. The molecular weight excluding hydrogens is 184 g/mol. The first kappa shape index (κ1) is 8.36. The molecule has 0 saturated heterocycles. The minimum absolute atomic E-state index is 0.797. The topological polar surface area (TPSA) is 41.8 Å². The minimum atomic E-state index is 0.797. The molecule has 0 atom stereocenters. The second-order valence-corrected chi connectivity index (χ2v) is 3.98. The number of aromatic amines is 1. The standard InChI is InChI=1S/C13H12N2/c1-8-2-5-12-11(6-8)10-4-3-9(14)7-13(10)15-12/h2-7,15H,14H2,1H3. The summed E-state index contributed by atoms with van der Waals surface area (Å²) in [5, 5.41) is 2.51. The third-order valence-electron chi connectivity index (χ3n) is 2.78. The van der Waals surface area contributed by atoms with Gasteiger partial charge in [-0.1, -0.05) is 17.7 Å². The Morgan fingerprint density at radius 1 is 0.933 bits per heavy atom. The lowest BCUT2D eigenvalue weighted by Crippen LogP contribution is -1.82. The number of aryl methyl sites for hydroxylation is 1. The molecule has 1 heterocycles. The van der Waals surface area contributed by atoms with Gasteiger partial charge in [-0.2, -0.15) is 0 Å². The maximum Gasteiger partial charge on any atom is 0.0485 e. The minimum Gasteiger partial charge on any atom is -0.399 e. The molecule has 15 heavy (non-hydrogen) atoms. The van der Waals surface area contributed by atoms with Crippen LogP contribution in [0.3, 0.4) is 0 Å². The number of hydrogen-bond acceptors (Lipinski definition) is 1. The highest BCUT2D eigenvalue weighted by Gasteiger charge is 2.03. The van der Waals surface area contributed by atoms with Crippen LogP contribution >= 0.6 is 0 Å². The van der Waals surface area contributed by atoms with Crippen molar-refractivity contribution in [3.05, 3.63) is 42.0 Å². The van der Waals surface area contributed by atoms with Crippen LogP contribution in [0.15, 0.2) is 36.4 Å². The number of fused-ring (bicyclic) bond motifs is 3. The van der Waals surface area contributed by atoms with Gasteiger partial charge >= 0.3 is 0 Å². The maximum absolute atomic E-state index is 5.76. The van der Waals surface area contributed by atoms with Gasteiger partial charge in [0.15, 0.2) is 0 Å². The average molecular weight is 196 g/mol. The summed E-state index contributed by atoms with van der Waals surface area (Å²) in [4.78, 5) is 3.37. The summed E-state index contributed by atoms with van der Waals surface area (Å²) in [6.07, 6.45) is 0. The van der Waals surface area contributed by atoms with Crippen LogP contribution in [0.1, 0.15) is 5.56 Å². The van der Waals surface area contributed by atoms with E-state index in [1.165, 1.54) is 21.9 Å². The Hall–Kier alpha value is -1.96. The van der Waals surface area contributed by atoms with Gasteiger partial charge in [-0.3, -0.25) is 0 Å². The number of nitrogens with two attached hydrogens (primary N) is 1. The molecule has 3 aromatic rings. The number of aromatic nitrogens is 1. The molecule has 0 aliphatic rings. The third-order valence-corrected chi connectivity index (χ3v) is 2.78. The van der Waals surface area contributed by atoms with Gasteiger partial charge in [-0.25, -0.2) is 0 Å². The van der Waals surface area contributed by atoms with Crippen molar-refractivity contribution in [3.8, 4) is 0 Å². The van der Waals surface area contributed by atoms with Crippen molar-refractivity contribution in [2.75, 3.05) is 5.73 Å². The van der Waals surface area contributed by atoms with Gasteiger partial charge in [0.1, 0.15) is 0 Å². The Balaban J connectivity index is 2.53. The molecule has 0 radical (unpaired) electrons. The van der Waals surface area contributed by atoms with Gasteiger partial charge in [0, 0.05) is 27.5 Å². The fourth-order valence-electron chi connectivity index (χ4n) is 2.04. The van der Waals surface area contributed by atoms with Crippen LogP contribution in [0, 0.1) is 6.92 Å².